The normalized spacial score (nSPS) is 28.0. The first-order valence-corrected chi connectivity index (χ1v) is 9.67. The molecule has 5 atom stereocenters. The minimum absolute atomic E-state index is 0.452. The van der Waals surface area contributed by atoms with E-state index >= 15 is 0 Å². The third-order valence-corrected chi connectivity index (χ3v) is 6.13. The van der Waals surface area contributed by atoms with Gasteiger partial charge in [-0.25, -0.2) is 0 Å². The van der Waals surface area contributed by atoms with E-state index in [9.17, 15) is 0 Å². The predicted molar refractivity (Wildman–Crippen MR) is 111 cm³/mol. The Morgan fingerprint density at radius 2 is 0.923 bits per heavy atom. The fourth-order valence-corrected chi connectivity index (χ4v) is 4.94. The number of benzene rings is 3. The zero-order valence-electron chi connectivity index (χ0n) is 15.5. The van der Waals surface area contributed by atoms with Crippen LogP contribution in [0.15, 0.2) is 91.0 Å². The SMILES string of the molecule is CC1C(Nc2ccccc2)C(C)[C@@H](c2ccccc2)C1c1ccccc1. The largest absolute Gasteiger partial charge is 0.382 e. The van der Waals surface area contributed by atoms with E-state index in [4.69, 9.17) is 0 Å². The highest BCUT2D eigenvalue weighted by atomic mass is 14.9. The molecule has 0 radical (unpaired) electrons. The highest BCUT2D eigenvalue weighted by Crippen LogP contribution is 2.53. The highest BCUT2D eigenvalue weighted by molar-refractivity contribution is 5.46. The van der Waals surface area contributed by atoms with Crippen LogP contribution in [0.1, 0.15) is 36.8 Å². The van der Waals surface area contributed by atoms with Gasteiger partial charge in [0.15, 0.2) is 0 Å². The molecule has 26 heavy (non-hydrogen) atoms. The molecular weight excluding hydrogens is 314 g/mol. The van der Waals surface area contributed by atoms with Gasteiger partial charge in [-0.05, 0) is 46.9 Å². The maximum atomic E-state index is 3.84. The van der Waals surface area contributed by atoms with E-state index in [1.807, 2.05) is 0 Å². The van der Waals surface area contributed by atoms with E-state index in [0.29, 0.717) is 29.7 Å². The van der Waals surface area contributed by atoms with Crippen LogP contribution in [0.3, 0.4) is 0 Å². The Morgan fingerprint density at radius 1 is 0.538 bits per heavy atom. The molecule has 1 nitrogen and oxygen atoms in total. The quantitative estimate of drug-likeness (QED) is 0.585. The zero-order valence-corrected chi connectivity index (χ0v) is 15.5. The molecule has 4 unspecified atom stereocenters. The van der Waals surface area contributed by atoms with Gasteiger partial charge in [0, 0.05) is 11.7 Å². The lowest BCUT2D eigenvalue weighted by atomic mass is 9.78. The minimum Gasteiger partial charge on any atom is -0.382 e. The molecule has 0 spiro atoms. The van der Waals surface area contributed by atoms with E-state index in [0.717, 1.165) is 0 Å². The molecular formula is C25H27N. The number of hydrogen-bond acceptors (Lipinski definition) is 1. The molecule has 0 saturated heterocycles. The summed E-state index contributed by atoms with van der Waals surface area (Å²) in [5, 5.41) is 3.84. The fourth-order valence-electron chi connectivity index (χ4n) is 4.94. The summed E-state index contributed by atoms with van der Waals surface area (Å²) < 4.78 is 0. The van der Waals surface area contributed by atoms with Crippen LogP contribution in [0.5, 0.6) is 0 Å². The van der Waals surface area contributed by atoms with Gasteiger partial charge in [0.25, 0.3) is 0 Å². The Kier molecular flexibility index (Phi) is 4.79. The number of rotatable bonds is 4. The van der Waals surface area contributed by atoms with E-state index in [2.05, 4.69) is 110 Å². The van der Waals surface area contributed by atoms with Crippen LogP contribution in [-0.2, 0) is 0 Å². The van der Waals surface area contributed by atoms with Crippen molar-refractivity contribution in [3.63, 3.8) is 0 Å². The molecule has 1 aliphatic carbocycles. The molecule has 132 valence electrons. The third-order valence-electron chi connectivity index (χ3n) is 6.13. The summed E-state index contributed by atoms with van der Waals surface area (Å²) in [5.41, 5.74) is 4.13. The molecule has 1 N–H and O–H groups in total. The molecule has 0 aliphatic heterocycles. The number of para-hydroxylation sites is 1. The van der Waals surface area contributed by atoms with Crippen molar-refractivity contribution in [1.29, 1.82) is 0 Å². The molecule has 1 saturated carbocycles. The lowest BCUT2D eigenvalue weighted by molar-refractivity contribution is 0.470. The van der Waals surface area contributed by atoms with Crippen LogP contribution in [0, 0.1) is 11.8 Å². The summed E-state index contributed by atoms with van der Waals surface area (Å²) in [6.07, 6.45) is 0. The van der Waals surface area contributed by atoms with Crippen molar-refractivity contribution in [2.24, 2.45) is 11.8 Å². The molecule has 0 bridgehead atoms. The van der Waals surface area contributed by atoms with E-state index in [1.54, 1.807) is 0 Å². The van der Waals surface area contributed by atoms with E-state index < -0.39 is 0 Å². The zero-order chi connectivity index (χ0) is 17.9. The van der Waals surface area contributed by atoms with Gasteiger partial charge < -0.3 is 5.32 Å². The van der Waals surface area contributed by atoms with Gasteiger partial charge >= 0.3 is 0 Å². The van der Waals surface area contributed by atoms with Gasteiger partial charge in [-0.15, -0.1) is 0 Å². The second-order valence-corrected chi connectivity index (χ2v) is 7.63. The summed E-state index contributed by atoms with van der Waals surface area (Å²) in [6, 6.07) is 33.2. The van der Waals surface area contributed by atoms with E-state index in [-0.39, 0.29) is 0 Å². The van der Waals surface area contributed by atoms with Crippen molar-refractivity contribution >= 4 is 5.69 Å². The average Bonchev–Trinajstić information content (AvgIpc) is 2.95. The van der Waals surface area contributed by atoms with Gasteiger partial charge in [0.05, 0.1) is 0 Å². The molecule has 0 amide bonds. The van der Waals surface area contributed by atoms with Crippen molar-refractivity contribution < 1.29 is 0 Å². The van der Waals surface area contributed by atoms with Crippen LogP contribution in [0.2, 0.25) is 0 Å². The first-order chi connectivity index (χ1) is 12.8. The van der Waals surface area contributed by atoms with Crippen molar-refractivity contribution in [1.82, 2.24) is 0 Å². The summed E-state index contributed by atoms with van der Waals surface area (Å²) in [5.74, 6) is 2.15. The summed E-state index contributed by atoms with van der Waals surface area (Å²) in [4.78, 5) is 0. The van der Waals surface area contributed by atoms with Gasteiger partial charge in [-0.3, -0.25) is 0 Å². The average molecular weight is 341 g/mol. The highest BCUT2D eigenvalue weighted by Gasteiger charge is 2.47. The Labute approximate surface area is 157 Å². The van der Waals surface area contributed by atoms with Gasteiger partial charge in [0.1, 0.15) is 0 Å². The number of anilines is 1. The lowest BCUT2D eigenvalue weighted by Crippen LogP contribution is -2.29. The van der Waals surface area contributed by atoms with Gasteiger partial charge in [-0.1, -0.05) is 92.7 Å². The Bertz CT molecular complexity index is 761. The first kappa shape index (κ1) is 16.9. The van der Waals surface area contributed by atoms with Crippen molar-refractivity contribution in [2.75, 3.05) is 5.32 Å². The molecule has 4 rings (SSSR count). The minimum atomic E-state index is 0.452. The summed E-state index contributed by atoms with van der Waals surface area (Å²) in [7, 11) is 0. The third kappa shape index (κ3) is 3.14. The molecule has 1 aliphatic rings. The van der Waals surface area contributed by atoms with Crippen molar-refractivity contribution in [3.05, 3.63) is 102 Å². The van der Waals surface area contributed by atoms with Crippen LogP contribution < -0.4 is 5.32 Å². The molecule has 0 heterocycles. The standard InChI is InChI=1S/C25H27N/c1-18-23(20-12-6-3-7-13-20)24(21-14-8-4-9-15-21)19(2)25(18)26-22-16-10-5-11-17-22/h3-19,23-26H,1-2H3/t18?,19?,23-,24?,25?/m0/s1. The predicted octanol–water partition coefficient (Wildman–Crippen LogP) is 6.32. The number of hydrogen-bond donors (Lipinski definition) is 1. The molecule has 1 fully saturated rings. The molecule has 3 aromatic rings. The molecule has 0 aromatic heterocycles. The Hall–Kier alpha value is -2.54. The summed E-state index contributed by atoms with van der Waals surface area (Å²) in [6.45, 7) is 4.83. The number of nitrogens with one attached hydrogen (secondary N) is 1. The second-order valence-electron chi connectivity index (χ2n) is 7.63. The Morgan fingerprint density at radius 3 is 1.35 bits per heavy atom. The van der Waals surface area contributed by atoms with Crippen LogP contribution >= 0.6 is 0 Å². The van der Waals surface area contributed by atoms with Crippen LogP contribution in [-0.4, -0.2) is 6.04 Å². The van der Waals surface area contributed by atoms with Crippen molar-refractivity contribution in [2.45, 2.75) is 31.7 Å². The second kappa shape index (κ2) is 7.37. The summed E-state index contributed by atoms with van der Waals surface area (Å²) >= 11 is 0. The molecule has 1 heteroatoms. The molecule has 3 aromatic carbocycles. The first-order valence-electron chi connectivity index (χ1n) is 9.67. The monoisotopic (exact) mass is 341 g/mol. The van der Waals surface area contributed by atoms with Crippen LogP contribution in [0.4, 0.5) is 5.69 Å². The van der Waals surface area contributed by atoms with Crippen molar-refractivity contribution in [3.8, 4) is 0 Å². The Balaban J connectivity index is 1.72. The smallest absolute Gasteiger partial charge is 0.0342 e. The maximum Gasteiger partial charge on any atom is 0.0342 e. The maximum absolute atomic E-state index is 3.84. The van der Waals surface area contributed by atoms with E-state index in [1.165, 1.54) is 16.8 Å². The fraction of sp³-hybridized carbons (Fsp3) is 0.280. The van der Waals surface area contributed by atoms with Crippen LogP contribution in [0.25, 0.3) is 0 Å². The van der Waals surface area contributed by atoms with Gasteiger partial charge in [-0.2, -0.15) is 0 Å². The topological polar surface area (TPSA) is 12.0 Å². The van der Waals surface area contributed by atoms with Gasteiger partial charge in [0.2, 0.25) is 0 Å². The lowest BCUT2D eigenvalue weighted by Gasteiger charge is -2.25.